The molecule has 7 heteroatoms. The maximum absolute atomic E-state index is 9.00. The highest BCUT2D eigenvalue weighted by Crippen LogP contribution is 2.10. The Balaban J connectivity index is 0.000000357. The molecule has 0 aliphatic carbocycles. The molecule has 1 aromatic carbocycles. The van der Waals surface area contributed by atoms with E-state index in [1.54, 1.807) is 0 Å². The Hall–Kier alpha value is -2.57. The van der Waals surface area contributed by atoms with Crippen LogP contribution in [0.4, 0.5) is 0 Å². The summed E-state index contributed by atoms with van der Waals surface area (Å²) in [6, 6.07) is 7.67. The number of rotatable bonds is 2. The van der Waals surface area contributed by atoms with E-state index in [2.05, 4.69) is 15.1 Å². The number of H-pyrrole nitrogens is 1. The van der Waals surface area contributed by atoms with Gasteiger partial charge in [0.05, 0.1) is 17.5 Å². The number of amidine groups is 1. The van der Waals surface area contributed by atoms with Crippen LogP contribution in [0.5, 0.6) is 0 Å². The van der Waals surface area contributed by atoms with Crippen LogP contribution >= 0.6 is 0 Å². The fourth-order valence-corrected chi connectivity index (χ4v) is 1.30. The molecule has 1 heterocycles. The van der Waals surface area contributed by atoms with Gasteiger partial charge in [-0.1, -0.05) is 17.3 Å². The Labute approximate surface area is 103 Å². The molecule has 0 saturated heterocycles. The minimum atomic E-state index is -0.833. The topological polar surface area (TPSA) is 125 Å². The van der Waals surface area contributed by atoms with Crippen molar-refractivity contribution in [1.82, 2.24) is 9.97 Å². The van der Waals surface area contributed by atoms with E-state index in [-0.39, 0.29) is 5.84 Å². The van der Waals surface area contributed by atoms with E-state index in [4.69, 9.17) is 20.8 Å². The highest BCUT2D eigenvalue weighted by molar-refractivity contribution is 5.83. The monoisotopic (exact) mass is 250 g/mol. The quantitative estimate of drug-likeness (QED) is 0.273. The van der Waals surface area contributed by atoms with Gasteiger partial charge in [0.15, 0.2) is 0 Å². The van der Waals surface area contributed by atoms with E-state index in [0.717, 1.165) is 18.0 Å². The zero-order valence-electron chi connectivity index (χ0n) is 9.79. The minimum Gasteiger partial charge on any atom is -0.481 e. The molecule has 96 valence electrons. The largest absolute Gasteiger partial charge is 0.481 e. The van der Waals surface area contributed by atoms with Crippen LogP contribution in [0.1, 0.15) is 12.7 Å². The molecule has 0 radical (unpaired) electrons. The van der Waals surface area contributed by atoms with E-state index < -0.39 is 5.97 Å². The number of nitrogens with zero attached hydrogens (tertiary/aromatic N) is 2. The average molecular weight is 250 g/mol. The number of nitrogens with two attached hydrogens (primary N) is 1. The number of fused-ring (bicyclic) bond motifs is 1. The van der Waals surface area contributed by atoms with Gasteiger partial charge < -0.3 is 21.0 Å². The second kappa shape index (κ2) is 6.24. The molecule has 0 aliphatic rings. The molecule has 0 spiro atoms. The number of imidazole rings is 1. The van der Waals surface area contributed by atoms with Gasteiger partial charge in [-0.25, -0.2) is 4.98 Å². The summed E-state index contributed by atoms with van der Waals surface area (Å²) in [6.07, 6.45) is 0.325. The first-order valence-electron chi connectivity index (χ1n) is 5.12. The Bertz CT molecular complexity index is 525. The van der Waals surface area contributed by atoms with Gasteiger partial charge in [-0.15, -0.1) is 0 Å². The molecular formula is C11H14N4O3. The molecule has 2 rings (SSSR count). The lowest BCUT2D eigenvalue weighted by Gasteiger charge is -1.91. The molecule has 18 heavy (non-hydrogen) atoms. The minimum absolute atomic E-state index is 0.143. The van der Waals surface area contributed by atoms with E-state index >= 15 is 0 Å². The van der Waals surface area contributed by atoms with Crippen molar-refractivity contribution in [2.24, 2.45) is 10.9 Å². The summed E-state index contributed by atoms with van der Waals surface area (Å²) >= 11 is 0. The Morgan fingerprint density at radius 2 is 2.11 bits per heavy atom. The van der Waals surface area contributed by atoms with Gasteiger partial charge in [-0.05, 0) is 12.1 Å². The van der Waals surface area contributed by atoms with E-state index in [1.165, 1.54) is 0 Å². The molecule has 0 saturated carbocycles. The predicted molar refractivity (Wildman–Crippen MR) is 66.5 cm³/mol. The number of nitrogens with one attached hydrogen (secondary N) is 1. The number of hydrogen-bond acceptors (Lipinski definition) is 4. The second-order valence-electron chi connectivity index (χ2n) is 3.49. The number of aromatic amines is 1. The van der Waals surface area contributed by atoms with Crippen molar-refractivity contribution in [3.63, 3.8) is 0 Å². The number of para-hydroxylation sites is 2. The highest BCUT2D eigenvalue weighted by atomic mass is 16.4. The molecule has 0 amide bonds. The summed E-state index contributed by atoms with van der Waals surface area (Å²) in [5.41, 5.74) is 7.20. The van der Waals surface area contributed by atoms with Crippen LogP contribution in [-0.4, -0.2) is 32.1 Å². The van der Waals surface area contributed by atoms with E-state index in [9.17, 15) is 0 Å². The van der Waals surface area contributed by atoms with Crippen molar-refractivity contribution < 1.29 is 15.1 Å². The highest BCUT2D eigenvalue weighted by Gasteiger charge is 2.03. The van der Waals surface area contributed by atoms with Crippen molar-refractivity contribution in [3.05, 3.63) is 30.1 Å². The van der Waals surface area contributed by atoms with Crippen molar-refractivity contribution in [1.29, 1.82) is 0 Å². The Morgan fingerprint density at radius 3 is 2.67 bits per heavy atom. The van der Waals surface area contributed by atoms with Crippen LogP contribution in [0.3, 0.4) is 0 Å². The predicted octanol–water partition coefficient (Wildman–Crippen LogP) is 0.943. The summed E-state index contributed by atoms with van der Waals surface area (Å²) in [7, 11) is 0. The summed E-state index contributed by atoms with van der Waals surface area (Å²) in [5, 5.41) is 18.7. The third kappa shape index (κ3) is 4.12. The van der Waals surface area contributed by atoms with Crippen LogP contribution < -0.4 is 5.73 Å². The molecule has 2 aromatic rings. The number of oxime groups is 1. The van der Waals surface area contributed by atoms with Crippen LogP contribution in [0.15, 0.2) is 29.4 Å². The lowest BCUT2D eigenvalue weighted by Crippen LogP contribution is -2.15. The summed E-state index contributed by atoms with van der Waals surface area (Å²) < 4.78 is 0. The van der Waals surface area contributed by atoms with Crippen molar-refractivity contribution >= 4 is 22.8 Å². The molecule has 5 N–H and O–H groups in total. The molecular weight excluding hydrogens is 236 g/mol. The molecule has 0 aliphatic heterocycles. The maximum atomic E-state index is 9.00. The molecule has 0 unspecified atom stereocenters. The average Bonchev–Trinajstić information content (AvgIpc) is 2.70. The van der Waals surface area contributed by atoms with Gasteiger partial charge in [-0.2, -0.15) is 0 Å². The van der Waals surface area contributed by atoms with Crippen molar-refractivity contribution in [3.8, 4) is 0 Å². The third-order valence-electron chi connectivity index (χ3n) is 1.92. The zero-order valence-corrected chi connectivity index (χ0v) is 9.79. The van der Waals surface area contributed by atoms with Gasteiger partial charge in [0, 0.05) is 6.92 Å². The standard InChI is InChI=1S/C9H10N4O.C2H4O2/c10-8(13-14)5-9-11-6-3-1-2-4-7(6)12-9;1-2(3)4/h1-4,14H,5H2,(H2,10,13)(H,11,12);1H3,(H,3,4). The van der Waals surface area contributed by atoms with Crippen LogP contribution in [0.25, 0.3) is 11.0 Å². The van der Waals surface area contributed by atoms with Gasteiger partial charge >= 0.3 is 0 Å². The first-order valence-corrected chi connectivity index (χ1v) is 5.12. The fraction of sp³-hybridized carbons (Fsp3) is 0.182. The summed E-state index contributed by atoms with van der Waals surface area (Å²) in [6.45, 7) is 1.08. The van der Waals surface area contributed by atoms with E-state index in [1.807, 2.05) is 24.3 Å². The van der Waals surface area contributed by atoms with Crippen molar-refractivity contribution in [2.45, 2.75) is 13.3 Å². The molecule has 1 aromatic heterocycles. The Morgan fingerprint density at radius 1 is 1.50 bits per heavy atom. The number of aliphatic carboxylic acids is 1. The second-order valence-corrected chi connectivity index (χ2v) is 3.49. The van der Waals surface area contributed by atoms with Gasteiger partial charge in [-0.3, -0.25) is 4.79 Å². The Kier molecular flexibility index (Phi) is 4.67. The van der Waals surface area contributed by atoms with Gasteiger partial charge in [0.2, 0.25) is 0 Å². The first kappa shape index (κ1) is 13.5. The number of carbonyl (C=O) groups is 1. The van der Waals surface area contributed by atoms with E-state index in [0.29, 0.717) is 12.2 Å². The van der Waals surface area contributed by atoms with Crippen LogP contribution in [0, 0.1) is 0 Å². The first-order chi connectivity index (χ1) is 8.52. The normalized spacial score (nSPS) is 10.8. The maximum Gasteiger partial charge on any atom is 0.300 e. The third-order valence-corrected chi connectivity index (χ3v) is 1.92. The van der Waals surface area contributed by atoms with Gasteiger partial charge in [0.1, 0.15) is 11.7 Å². The summed E-state index contributed by atoms with van der Waals surface area (Å²) in [5.74, 6) is 0.00514. The zero-order chi connectivity index (χ0) is 13.5. The number of carboxylic acid groups (broad SMARTS) is 1. The van der Waals surface area contributed by atoms with Gasteiger partial charge in [0.25, 0.3) is 5.97 Å². The lowest BCUT2D eigenvalue weighted by molar-refractivity contribution is -0.134. The number of benzene rings is 1. The van der Waals surface area contributed by atoms with Crippen LogP contribution in [-0.2, 0) is 11.2 Å². The molecule has 0 bridgehead atoms. The number of hydrogen-bond donors (Lipinski definition) is 4. The molecule has 7 nitrogen and oxygen atoms in total. The summed E-state index contributed by atoms with van der Waals surface area (Å²) in [4.78, 5) is 16.4. The SMILES string of the molecule is CC(=O)O.NC(Cc1nc2ccccc2[nH]1)=NO. The lowest BCUT2D eigenvalue weighted by atomic mass is 10.3. The smallest absolute Gasteiger partial charge is 0.300 e. The molecule has 0 atom stereocenters. The molecule has 0 fully saturated rings. The van der Waals surface area contributed by atoms with Crippen LogP contribution in [0.2, 0.25) is 0 Å². The number of aromatic nitrogens is 2. The van der Waals surface area contributed by atoms with Crippen molar-refractivity contribution in [2.75, 3.05) is 0 Å². The number of carboxylic acids is 1. The fourth-order valence-electron chi connectivity index (χ4n) is 1.30.